The highest BCUT2D eigenvalue weighted by Gasteiger charge is 2.20. The summed E-state index contributed by atoms with van der Waals surface area (Å²) in [5.74, 6) is -0.0502. The third kappa shape index (κ3) is 3.30. The second-order valence-corrected chi connectivity index (χ2v) is 4.70. The zero-order chi connectivity index (χ0) is 15.4. The number of rotatable bonds is 3. The monoisotopic (exact) mass is 291 g/mol. The van der Waals surface area contributed by atoms with Gasteiger partial charge in [-0.1, -0.05) is 42.5 Å². The van der Waals surface area contributed by atoms with Gasteiger partial charge in [-0.15, -0.1) is 0 Å². The Morgan fingerprint density at radius 2 is 1.64 bits per heavy atom. The third-order valence-corrected chi connectivity index (χ3v) is 3.05. The number of ether oxygens (including phenoxy) is 1. The number of cyclic esters (lactones) is 1. The molecule has 22 heavy (non-hydrogen) atoms. The van der Waals surface area contributed by atoms with Crippen LogP contribution in [0, 0.1) is 0 Å². The number of carbonyl (C=O) groups excluding carboxylic acids is 1. The molecule has 2 aromatic carbocycles. The molecule has 0 aromatic heterocycles. The fourth-order valence-corrected chi connectivity index (χ4v) is 1.96. The summed E-state index contributed by atoms with van der Waals surface area (Å²) in [5.41, 5.74) is 2.00. The number of hydrogen-bond donors (Lipinski definition) is 1. The predicted molar refractivity (Wildman–Crippen MR) is 85.1 cm³/mol. The van der Waals surface area contributed by atoms with Gasteiger partial charge < -0.3 is 9.84 Å². The van der Waals surface area contributed by atoms with Crippen molar-refractivity contribution in [1.82, 2.24) is 0 Å². The van der Waals surface area contributed by atoms with Gasteiger partial charge in [0, 0.05) is 6.08 Å². The van der Waals surface area contributed by atoms with E-state index < -0.39 is 5.97 Å². The van der Waals surface area contributed by atoms with E-state index >= 15 is 0 Å². The largest absolute Gasteiger partial charge is 0.508 e. The van der Waals surface area contributed by atoms with E-state index in [0.29, 0.717) is 0 Å². The number of hydrogen-bond acceptors (Lipinski definition) is 4. The lowest BCUT2D eigenvalue weighted by Gasteiger charge is -1.94. The molecule has 1 heterocycles. The topological polar surface area (TPSA) is 58.9 Å². The van der Waals surface area contributed by atoms with Gasteiger partial charge in [0.25, 0.3) is 0 Å². The van der Waals surface area contributed by atoms with Crippen molar-refractivity contribution in [3.05, 3.63) is 77.5 Å². The summed E-state index contributed by atoms with van der Waals surface area (Å²) < 4.78 is 5.10. The Kier molecular flexibility index (Phi) is 3.83. The molecule has 0 saturated heterocycles. The molecule has 0 aliphatic carbocycles. The zero-order valence-electron chi connectivity index (χ0n) is 11.6. The van der Waals surface area contributed by atoms with Crippen LogP contribution in [0.2, 0.25) is 0 Å². The lowest BCUT2D eigenvalue weighted by molar-refractivity contribution is -0.129. The van der Waals surface area contributed by atoms with Gasteiger partial charge in [-0.05, 0) is 35.4 Å². The number of aliphatic imine (C=N–C) groups is 1. The maximum Gasteiger partial charge on any atom is 0.363 e. The van der Waals surface area contributed by atoms with Crippen molar-refractivity contribution >= 4 is 24.0 Å². The summed E-state index contributed by atoms with van der Waals surface area (Å²) in [6.07, 6.45) is 5.10. The predicted octanol–water partition coefficient (Wildman–Crippen LogP) is 3.40. The van der Waals surface area contributed by atoms with Crippen LogP contribution in [0.25, 0.3) is 12.2 Å². The summed E-state index contributed by atoms with van der Waals surface area (Å²) in [4.78, 5) is 15.9. The van der Waals surface area contributed by atoms with Gasteiger partial charge >= 0.3 is 5.97 Å². The van der Waals surface area contributed by atoms with Crippen molar-refractivity contribution in [2.45, 2.75) is 0 Å². The van der Waals surface area contributed by atoms with E-state index in [0.717, 1.165) is 11.1 Å². The van der Waals surface area contributed by atoms with Crippen LogP contribution in [0.4, 0.5) is 0 Å². The first-order valence-corrected chi connectivity index (χ1v) is 6.75. The van der Waals surface area contributed by atoms with Crippen molar-refractivity contribution in [1.29, 1.82) is 0 Å². The molecule has 1 aliphatic heterocycles. The fraction of sp³-hybridized carbons (Fsp3) is 0. The number of esters is 1. The first-order valence-electron chi connectivity index (χ1n) is 6.75. The van der Waals surface area contributed by atoms with Crippen LogP contribution in [0.3, 0.4) is 0 Å². The van der Waals surface area contributed by atoms with E-state index in [4.69, 9.17) is 4.74 Å². The maximum absolute atomic E-state index is 11.8. The minimum atomic E-state index is -0.485. The first kappa shape index (κ1) is 13.8. The number of nitrogens with zero attached hydrogens (tertiary/aromatic N) is 1. The van der Waals surface area contributed by atoms with Gasteiger partial charge in [0.1, 0.15) is 5.75 Å². The van der Waals surface area contributed by atoms with Gasteiger partial charge in [0.05, 0.1) is 0 Å². The average Bonchev–Trinajstić information content (AvgIpc) is 2.89. The molecule has 0 atom stereocenters. The summed E-state index contributed by atoms with van der Waals surface area (Å²) >= 11 is 0. The van der Waals surface area contributed by atoms with Crippen LogP contribution in [-0.4, -0.2) is 17.0 Å². The molecule has 3 rings (SSSR count). The molecule has 4 nitrogen and oxygen atoms in total. The van der Waals surface area contributed by atoms with Crippen molar-refractivity contribution in [3.8, 4) is 5.75 Å². The SMILES string of the molecule is O=C1OC(C=Cc2ccccc2)=NC1=Cc1ccc(O)cc1. The van der Waals surface area contributed by atoms with Gasteiger partial charge in [-0.3, -0.25) is 0 Å². The summed E-state index contributed by atoms with van der Waals surface area (Å²) in [5, 5.41) is 9.24. The molecule has 1 aliphatic rings. The van der Waals surface area contributed by atoms with E-state index in [-0.39, 0.29) is 17.3 Å². The number of phenolic OH excluding ortho intramolecular Hbond substituents is 1. The Bertz CT molecular complexity index is 772. The molecular formula is C18H13NO3. The molecule has 0 spiro atoms. The Hall–Kier alpha value is -3.14. The van der Waals surface area contributed by atoms with Crippen LogP contribution in [-0.2, 0) is 9.53 Å². The minimum Gasteiger partial charge on any atom is -0.508 e. The third-order valence-electron chi connectivity index (χ3n) is 3.05. The van der Waals surface area contributed by atoms with Crippen molar-refractivity contribution in [2.75, 3.05) is 0 Å². The highest BCUT2D eigenvalue weighted by Crippen LogP contribution is 2.18. The molecule has 4 heteroatoms. The Balaban J connectivity index is 1.79. The standard InChI is InChI=1S/C18H13NO3/c20-15-9-6-14(7-10-15)12-16-18(21)22-17(19-16)11-8-13-4-2-1-3-5-13/h1-12,20H. The Morgan fingerprint density at radius 1 is 0.909 bits per heavy atom. The Labute approximate surface area is 127 Å². The van der Waals surface area contributed by atoms with Gasteiger partial charge in [-0.25, -0.2) is 9.79 Å². The summed E-state index contributed by atoms with van der Waals surface area (Å²) in [6.45, 7) is 0. The smallest absolute Gasteiger partial charge is 0.363 e. The molecular weight excluding hydrogens is 278 g/mol. The number of carbonyl (C=O) groups is 1. The number of phenols is 1. The van der Waals surface area contributed by atoms with Crippen LogP contribution >= 0.6 is 0 Å². The summed E-state index contributed by atoms with van der Waals surface area (Å²) in [6, 6.07) is 16.2. The lowest BCUT2D eigenvalue weighted by atomic mass is 10.2. The summed E-state index contributed by atoms with van der Waals surface area (Å²) in [7, 11) is 0. The highest BCUT2D eigenvalue weighted by atomic mass is 16.6. The first-order chi connectivity index (χ1) is 10.7. The maximum atomic E-state index is 11.8. The Morgan fingerprint density at radius 3 is 2.36 bits per heavy atom. The molecule has 0 unspecified atom stereocenters. The van der Waals surface area contributed by atoms with Crippen LogP contribution in [0.15, 0.2) is 71.4 Å². The van der Waals surface area contributed by atoms with Gasteiger partial charge in [-0.2, -0.15) is 0 Å². The molecule has 0 radical (unpaired) electrons. The van der Waals surface area contributed by atoms with Crippen LogP contribution in [0.5, 0.6) is 5.75 Å². The second kappa shape index (κ2) is 6.10. The molecule has 2 aromatic rings. The molecule has 1 N–H and O–H groups in total. The van der Waals surface area contributed by atoms with E-state index in [9.17, 15) is 9.90 Å². The molecule has 0 amide bonds. The van der Waals surface area contributed by atoms with E-state index in [1.807, 2.05) is 36.4 Å². The van der Waals surface area contributed by atoms with Crippen molar-refractivity contribution < 1.29 is 14.6 Å². The van der Waals surface area contributed by atoms with E-state index in [1.54, 1.807) is 36.4 Å². The van der Waals surface area contributed by atoms with Crippen molar-refractivity contribution in [2.24, 2.45) is 4.99 Å². The normalized spacial score (nSPS) is 16.1. The molecule has 0 fully saturated rings. The fourth-order valence-electron chi connectivity index (χ4n) is 1.96. The van der Waals surface area contributed by atoms with Gasteiger partial charge in [0.2, 0.25) is 5.90 Å². The van der Waals surface area contributed by atoms with Crippen LogP contribution in [0.1, 0.15) is 11.1 Å². The lowest BCUT2D eigenvalue weighted by Crippen LogP contribution is -2.01. The van der Waals surface area contributed by atoms with Crippen molar-refractivity contribution in [3.63, 3.8) is 0 Å². The average molecular weight is 291 g/mol. The van der Waals surface area contributed by atoms with Crippen LogP contribution < -0.4 is 0 Å². The molecule has 0 bridgehead atoms. The molecule has 108 valence electrons. The van der Waals surface area contributed by atoms with Gasteiger partial charge in [0.15, 0.2) is 5.70 Å². The molecule has 0 saturated carbocycles. The zero-order valence-corrected chi connectivity index (χ0v) is 11.6. The number of benzene rings is 2. The second-order valence-electron chi connectivity index (χ2n) is 4.70. The number of aromatic hydroxyl groups is 1. The highest BCUT2D eigenvalue weighted by molar-refractivity contribution is 6.11. The minimum absolute atomic E-state index is 0.172. The van der Waals surface area contributed by atoms with E-state index in [1.165, 1.54) is 0 Å². The quantitative estimate of drug-likeness (QED) is 0.696. The van der Waals surface area contributed by atoms with E-state index in [2.05, 4.69) is 4.99 Å².